The van der Waals surface area contributed by atoms with Gasteiger partial charge in [-0.05, 0) is 262 Å². The normalized spacial score (nSPS) is 11.5. The van der Waals surface area contributed by atoms with Gasteiger partial charge in [0.15, 0.2) is 0 Å². The first-order valence-electron chi connectivity index (χ1n) is 45.0. The van der Waals surface area contributed by atoms with E-state index in [1.807, 2.05) is 118 Å². The Balaban J connectivity index is -0.000000425. The Labute approximate surface area is 757 Å². The van der Waals surface area contributed by atoms with Crippen LogP contribution in [-0.4, -0.2) is 15.3 Å². The zero-order chi connectivity index (χ0) is 87.2. The van der Waals surface area contributed by atoms with Crippen molar-refractivity contribution in [3.05, 3.63) is 342 Å². The summed E-state index contributed by atoms with van der Waals surface area (Å²) in [6, 6.07) is 103. The largest absolute Gasteiger partial charge is 0.508 e. The fourth-order valence-corrected chi connectivity index (χ4v) is 13.0. The molecule has 14 aromatic rings. The van der Waals surface area contributed by atoms with Gasteiger partial charge < -0.3 is 15.3 Å². The summed E-state index contributed by atoms with van der Waals surface area (Å²) in [4.78, 5) is 0. The first kappa shape index (κ1) is 122. The molecule has 0 fully saturated rings. The Hall–Kier alpha value is -9.96. The van der Waals surface area contributed by atoms with Crippen molar-refractivity contribution in [2.24, 2.45) is 0 Å². The second-order valence-corrected chi connectivity index (χ2v) is 29.4. The molecule has 0 radical (unpaired) electrons. The summed E-state index contributed by atoms with van der Waals surface area (Å²) >= 11 is 0. The molecule has 3 heteroatoms. The van der Waals surface area contributed by atoms with Crippen LogP contribution in [0, 0.1) is 0 Å². The first-order valence-corrected chi connectivity index (χ1v) is 45.0. The molecule has 0 saturated carbocycles. The molecule has 0 heterocycles. The molecule has 8 unspecified atom stereocenters. The van der Waals surface area contributed by atoms with Gasteiger partial charge >= 0.3 is 0 Å². The average molecular weight is 1670 g/mol. The lowest BCUT2D eigenvalue weighted by atomic mass is 9.91. The Morgan fingerprint density at radius 1 is 0.179 bits per heavy atom. The summed E-state index contributed by atoms with van der Waals surface area (Å²) < 4.78 is 0. The summed E-state index contributed by atoms with van der Waals surface area (Å²) in [5.41, 5.74) is 10.9. The number of rotatable bonds is 16. The molecule has 3 N–H and O–H groups in total. The molecule has 14 aromatic carbocycles. The standard InChI is InChI=1S/2C18H18.2C14H16.3C10H14O.C10H14.5C2H6.6CH4/c1-3-13(2)17-10-6-9-16-11-14-7-4-5-8-15(14)12-18(16)17;1-3-13(2)14-8-9-17-11-15-6-4-5-7-16(15)12-18(17)10-14;1-3-11(2)13-10-6-8-12-7-4-5-9-14(12)13;1-3-11(2)13-9-8-12-6-4-5-7-14(12)10-13;1-3-8(2)9-4-6-10(11)7-5-9;1-3-8(2)9-5-4-6-10(11)7-9;1-3-8(2)9-6-4-5-7-10(9)11;1-3-9(2)10-7-5-4-6-8-10;5*1-2;;;;;;/h2*4-13H,3H2,1-2H3;2*4-11H,3H2,1-2H3;3*4-8,11H,3H2,1-2H3;4-9H,3H2,1-2H3;5*1-2H3;6*1H4. The third-order valence-corrected chi connectivity index (χ3v) is 21.9. The molecule has 8 atom stereocenters. The minimum absolute atomic E-state index is 0. The van der Waals surface area contributed by atoms with Crippen molar-refractivity contribution in [3.63, 3.8) is 0 Å². The van der Waals surface area contributed by atoms with Crippen molar-refractivity contribution in [1.29, 1.82) is 0 Å². The summed E-state index contributed by atoms with van der Waals surface area (Å²) in [5, 5.41) is 43.8. The molecule has 0 amide bonds. The topological polar surface area (TPSA) is 60.7 Å². The SMILES string of the molecule is C.C.C.C.C.C.CC.CC.CC.CC.CC.CCC(C)c1ccc(O)cc1.CCC(C)c1ccc2cc3ccccc3cc2c1.CCC(C)c1ccc2ccccc2c1.CCC(C)c1cccc(O)c1.CCC(C)c1cccc2cc3ccccc3cc12.CCC(C)c1cccc2ccccc12.CCC(C)c1ccccc1.CCC(C)c1ccccc1O. The lowest BCUT2D eigenvalue weighted by Crippen LogP contribution is -1.92. The van der Waals surface area contributed by atoms with Gasteiger partial charge in [0.2, 0.25) is 0 Å². The van der Waals surface area contributed by atoms with E-state index >= 15 is 0 Å². The third kappa shape index (κ3) is 40.5. The molecular formula is C120H178O3. The number of phenolic OH excluding ortho intramolecular Hbond substituents is 3. The molecule has 0 spiro atoms. The predicted octanol–water partition coefficient (Wildman–Crippen LogP) is 40.6. The van der Waals surface area contributed by atoms with E-state index in [4.69, 9.17) is 10.2 Å². The highest BCUT2D eigenvalue weighted by Crippen LogP contribution is 2.34. The molecule has 3 nitrogen and oxygen atoms in total. The zero-order valence-corrected chi connectivity index (χ0v) is 77.4. The fraction of sp³-hybridized carbons (Fsp3) is 0.400. The van der Waals surface area contributed by atoms with E-state index in [0.29, 0.717) is 64.6 Å². The quantitative estimate of drug-likeness (QED) is 0.0845. The molecule has 676 valence electrons. The third-order valence-electron chi connectivity index (χ3n) is 21.9. The Morgan fingerprint density at radius 2 is 0.447 bits per heavy atom. The van der Waals surface area contributed by atoms with Crippen LogP contribution in [-0.2, 0) is 0 Å². The van der Waals surface area contributed by atoms with E-state index in [1.54, 1.807) is 24.3 Å². The highest BCUT2D eigenvalue weighted by molar-refractivity contribution is 6.00. The average Bonchev–Trinajstić information content (AvgIpc) is 0.791. The number of benzene rings is 14. The maximum absolute atomic E-state index is 9.41. The van der Waals surface area contributed by atoms with E-state index in [1.165, 1.54) is 136 Å². The zero-order valence-electron chi connectivity index (χ0n) is 77.4. The first-order chi connectivity index (χ1) is 56.8. The van der Waals surface area contributed by atoms with Gasteiger partial charge in [0, 0.05) is 0 Å². The number of fused-ring (bicyclic) bond motifs is 6. The fourth-order valence-electron chi connectivity index (χ4n) is 13.0. The second kappa shape index (κ2) is 70.4. The van der Waals surface area contributed by atoms with E-state index in [-0.39, 0.29) is 44.6 Å². The van der Waals surface area contributed by atoms with Crippen LogP contribution in [0.25, 0.3) is 64.6 Å². The number of hydrogen-bond acceptors (Lipinski definition) is 3. The minimum Gasteiger partial charge on any atom is -0.508 e. The van der Waals surface area contributed by atoms with Crippen LogP contribution in [0.15, 0.2) is 297 Å². The summed E-state index contributed by atoms with van der Waals surface area (Å²) in [7, 11) is 0. The van der Waals surface area contributed by atoms with E-state index in [0.717, 1.165) is 24.8 Å². The van der Waals surface area contributed by atoms with Crippen LogP contribution >= 0.6 is 0 Å². The van der Waals surface area contributed by atoms with Gasteiger partial charge in [0.25, 0.3) is 0 Å². The van der Waals surface area contributed by atoms with Gasteiger partial charge in [0.05, 0.1) is 0 Å². The Kier molecular flexibility index (Phi) is 69.6. The van der Waals surface area contributed by atoms with Crippen molar-refractivity contribution in [1.82, 2.24) is 0 Å². The van der Waals surface area contributed by atoms with E-state index in [2.05, 4.69) is 335 Å². The van der Waals surface area contributed by atoms with Crippen molar-refractivity contribution >= 4 is 64.6 Å². The summed E-state index contributed by atoms with van der Waals surface area (Å²) in [5.74, 6) is 6.01. The van der Waals surface area contributed by atoms with Gasteiger partial charge in [0.1, 0.15) is 17.2 Å². The van der Waals surface area contributed by atoms with Crippen LogP contribution in [0.3, 0.4) is 0 Å². The van der Waals surface area contributed by atoms with Gasteiger partial charge in [-0.1, -0.05) is 467 Å². The number of aromatic hydroxyl groups is 3. The van der Waals surface area contributed by atoms with Crippen molar-refractivity contribution in [2.75, 3.05) is 0 Å². The molecule has 14 rings (SSSR count). The number of para-hydroxylation sites is 1. The van der Waals surface area contributed by atoms with Crippen LogP contribution in [0.1, 0.15) is 368 Å². The van der Waals surface area contributed by atoms with Gasteiger partial charge in [-0.25, -0.2) is 0 Å². The monoisotopic (exact) mass is 1670 g/mol. The summed E-state index contributed by atoms with van der Waals surface area (Å²) in [6.07, 6.45) is 9.34. The van der Waals surface area contributed by atoms with Crippen molar-refractivity contribution in [2.45, 2.75) is 323 Å². The van der Waals surface area contributed by atoms with E-state index < -0.39 is 0 Å². The van der Waals surface area contributed by atoms with Gasteiger partial charge in [-0.2, -0.15) is 0 Å². The Bertz CT molecular complexity index is 4870. The molecule has 0 aliphatic rings. The lowest BCUT2D eigenvalue weighted by molar-refractivity contribution is 0.462. The van der Waals surface area contributed by atoms with Gasteiger partial charge in [-0.15, -0.1) is 0 Å². The molecule has 0 saturated heterocycles. The highest BCUT2D eigenvalue weighted by atomic mass is 16.3. The van der Waals surface area contributed by atoms with Crippen molar-refractivity contribution < 1.29 is 15.3 Å². The summed E-state index contributed by atoms with van der Waals surface area (Å²) in [6.45, 7) is 55.5. The molecular weight excluding hydrogens is 1490 g/mol. The Morgan fingerprint density at radius 3 is 0.886 bits per heavy atom. The van der Waals surface area contributed by atoms with E-state index in [9.17, 15) is 5.11 Å². The lowest BCUT2D eigenvalue weighted by Gasteiger charge is -2.13. The smallest absolute Gasteiger partial charge is 0.119 e. The van der Waals surface area contributed by atoms with Crippen LogP contribution < -0.4 is 0 Å². The molecule has 0 aliphatic carbocycles. The maximum Gasteiger partial charge on any atom is 0.119 e. The molecule has 0 aromatic heterocycles. The molecule has 0 bridgehead atoms. The van der Waals surface area contributed by atoms with Crippen molar-refractivity contribution in [3.8, 4) is 17.2 Å². The number of hydrogen-bond donors (Lipinski definition) is 3. The van der Waals surface area contributed by atoms with Crippen LogP contribution in [0.4, 0.5) is 0 Å². The highest BCUT2D eigenvalue weighted by Gasteiger charge is 2.12. The predicted molar refractivity (Wildman–Crippen MR) is 568 cm³/mol. The molecule has 123 heavy (non-hydrogen) atoms. The number of phenols is 3. The van der Waals surface area contributed by atoms with Crippen LogP contribution in [0.2, 0.25) is 0 Å². The maximum atomic E-state index is 9.41. The minimum atomic E-state index is 0. The second-order valence-electron chi connectivity index (χ2n) is 29.4. The van der Waals surface area contributed by atoms with Crippen LogP contribution in [0.5, 0.6) is 17.2 Å². The molecule has 0 aliphatic heterocycles. The van der Waals surface area contributed by atoms with Gasteiger partial charge in [-0.3, -0.25) is 0 Å².